The summed E-state index contributed by atoms with van der Waals surface area (Å²) in [7, 11) is 1.66. The Morgan fingerprint density at radius 2 is 1.51 bits per heavy atom. The van der Waals surface area contributed by atoms with E-state index in [1.54, 1.807) is 7.11 Å². The first-order valence-corrected chi connectivity index (χ1v) is 20.1. The summed E-state index contributed by atoms with van der Waals surface area (Å²) in [5.74, 6) is 3.39. The fraction of sp³-hybridized carbons (Fsp3) is 0.477. The van der Waals surface area contributed by atoms with Crippen LogP contribution in [-0.4, -0.2) is 85.5 Å². The Balaban J connectivity index is 0.764. The minimum atomic E-state index is -0.0360. The molecule has 2 atom stereocenters. The number of amides is 2. The quantitative estimate of drug-likeness (QED) is 0.167. The first kappa shape index (κ1) is 34.3. The van der Waals surface area contributed by atoms with Crippen LogP contribution in [0.25, 0.3) is 5.57 Å². The van der Waals surface area contributed by atoms with E-state index in [0.717, 1.165) is 86.9 Å². The number of aliphatic imine (C=N–C) groups is 1. The van der Waals surface area contributed by atoms with Crippen molar-refractivity contribution in [3.63, 3.8) is 0 Å². The van der Waals surface area contributed by atoms with Gasteiger partial charge in [-0.3, -0.25) is 14.6 Å². The lowest BCUT2D eigenvalue weighted by Crippen LogP contribution is -2.35. The van der Waals surface area contributed by atoms with Gasteiger partial charge in [-0.15, -0.1) is 0 Å². The molecule has 55 heavy (non-hydrogen) atoms. The van der Waals surface area contributed by atoms with E-state index < -0.39 is 0 Å². The van der Waals surface area contributed by atoms with Crippen LogP contribution in [0.4, 0.5) is 11.4 Å². The van der Waals surface area contributed by atoms with Gasteiger partial charge in [0.05, 0.1) is 67.1 Å². The molecule has 0 unspecified atom stereocenters. The number of hydrogen-bond donors (Lipinski definition) is 1. The SMILES string of the molecule is COc1ccc(C2=CN3C(=O)c4cc(OC5CC5)c(OCCCCCOc5cc6c(cc5OC5CC5)C(=O)N5CC7(CC7)C[C@H]5C=N6)cc4NC[C@@H]3C2)cc1. The Hall–Kier alpha value is -5.19. The zero-order chi connectivity index (χ0) is 37.1. The van der Waals surface area contributed by atoms with Crippen molar-refractivity contribution in [1.29, 1.82) is 0 Å². The fourth-order valence-electron chi connectivity index (χ4n) is 8.35. The lowest BCUT2D eigenvalue weighted by molar-refractivity contribution is 0.0765. The van der Waals surface area contributed by atoms with Gasteiger partial charge in [0, 0.05) is 37.6 Å². The Morgan fingerprint density at radius 1 is 0.818 bits per heavy atom. The van der Waals surface area contributed by atoms with E-state index in [1.807, 2.05) is 70.7 Å². The molecule has 11 heteroatoms. The van der Waals surface area contributed by atoms with Gasteiger partial charge in [0.15, 0.2) is 23.0 Å². The molecule has 3 saturated carbocycles. The zero-order valence-electron chi connectivity index (χ0n) is 31.4. The number of carbonyl (C=O) groups is 2. The van der Waals surface area contributed by atoms with Gasteiger partial charge < -0.3 is 38.8 Å². The van der Waals surface area contributed by atoms with E-state index in [4.69, 9.17) is 28.7 Å². The van der Waals surface area contributed by atoms with E-state index >= 15 is 0 Å². The fourth-order valence-corrected chi connectivity index (χ4v) is 8.35. The molecule has 11 nitrogen and oxygen atoms in total. The van der Waals surface area contributed by atoms with E-state index in [0.29, 0.717) is 65.0 Å². The van der Waals surface area contributed by atoms with Gasteiger partial charge in [-0.2, -0.15) is 0 Å². The summed E-state index contributed by atoms with van der Waals surface area (Å²) in [6, 6.07) is 15.6. The van der Waals surface area contributed by atoms with Crippen LogP contribution in [0.15, 0.2) is 59.7 Å². The summed E-state index contributed by atoms with van der Waals surface area (Å²) in [5.41, 5.74) is 5.18. The second-order valence-electron chi connectivity index (χ2n) is 16.4. The smallest absolute Gasteiger partial charge is 0.260 e. The number of anilines is 1. The van der Waals surface area contributed by atoms with Crippen LogP contribution >= 0.6 is 0 Å². The summed E-state index contributed by atoms with van der Waals surface area (Å²) in [6.07, 6.45) is 15.1. The molecule has 2 amide bonds. The van der Waals surface area contributed by atoms with Gasteiger partial charge >= 0.3 is 0 Å². The third kappa shape index (κ3) is 6.98. The lowest BCUT2D eigenvalue weighted by atomic mass is 10.0. The number of unbranched alkanes of at least 4 members (excludes halogenated alkanes) is 2. The molecule has 0 bridgehead atoms. The highest BCUT2D eigenvalue weighted by Crippen LogP contribution is 2.55. The molecule has 0 aromatic heterocycles. The molecule has 7 aliphatic rings. The lowest BCUT2D eigenvalue weighted by Gasteiger charge is -2.21. The summed E-state index contributed by atoms with van der Waals surface area (Å²) >= 11 is 0. The predicted molar refractivity (Wildman–Crippen MR) is 208 cm³/mol. The van der Waals surface area contributed by atoms with Crippen molar-refractivity contribution in [2.45, 2.75) is 94.9 Å². The first-order valence-electron chi connectivity index (χ1n) is 20.1. The molecular weight excluding hydrogens is 697 g/mol. The van der Waals surface area contributed by atoms with Crippen molar-refractivity contribution in [1.82, 2.24) is 9.80 Å². The van der Waals surface area contributed by atoms with Gasteiger partial charge in [0.25, 0.3) is 11.8 Å². The number of ether oxygens (including phenoxy) is 5. The monoisotopic (exact) mass is 744 g/mol. The van der Waals surface area contributed by atoms with Crippen molar-refractivity contribution in [2.75, 3.05) is 38.7 Å². The number of fused-ring (bicyclic) bond motifs is 4. The van der Waals surface area contributed by atoms with E-state index in [1.165, 1.54) is 12.8 Å². The molecule has 3 aromatic carbocycles. The second kappa shape index (κ2) is 13.8. The number of methoxy groups -OCH3 is 1. The summed E-state index contributed by atoms with van der Waals surface area (Å²) in [5, 5.41) is 3.54. The van der Waals surface area contributed by atoms with Crippen molar-refractivity contribution >= 4 is 35.0 Å². The zero-order valence-corrected chi connectivity index (χ0v) is 31.4. The van der Waals surface area contributed by atoms with Crippen LogP contribution in [-0.2, 0) is 0 Å². The molecule has 10 rings (SSSR count). The topological polar surface area (TPSA) is 111 Å². The molecule has 1 spiro atoms. The van der Waals surface area contributed by atoms with Gasteiger partial charge in [0.2, 0.25) is 0 Å². The minimum absolute atomic E-state index is 0.0151. The number of nitrogens with one attached hydrogen (secondary N) is 1. The third-order valence-electron chi connectivity index (χ3n) is 12.1. The molecule has 1 N–H and O–H groups in total. The molecule has 3 aliphatic carbocycles. The Bertz CT molecular complexity index is 2070. The Morgan fingerprint density at radius 3 is 2.18 bits per heavy atom. The number of nitrogens with zero attached hydrogens (tertiary/aromatic N) is 3. The van der Waals surface area contributed by atoms with Gasteiger partial charge in [0.1, 0.15) is 5.75 Å². The van der Waals surface area contributed by atoms with Crippen LogP contribution in [0.5, 0.6) is 28.7 Å². The molecule has 1 saturated heterocycles. The second-order valence-corrected chi connectivity index (χ2v) is 16.4. The summed E-state index contributed by atoms with van der Waals surface area (Å²) in [4.78, 5) is 36.3. The first-order chi connectivity index (χ1) is 26.9. The highest BCUT2D eigenvalue weighted by Gasteiger charge is 2.53. The summed E-state index contributed by atoms with van der Waals surface area (Å²) < 4.78 is 30.5. The maximum atomic E-state index is 13.9. The average molecular weight is 745 g/mol. The minimum Gasteiger partial charge on any atom is -0.497 e. The predicted octanol–water partition coefficient (Wildman–Crippen LogP) is 7.80. The van der Waals surface area contributed by atoms with Crippen LogP contribution in [0, 0.1) is 5.41 Å². The normalized spacial score (nSPS) is 22.8. The summed E-state index contributed by atoms with van der Waals surface area (Å²) in [6.45, 7) is 2.49. The maximum Gasteiger partial charge on any atom is 0.260 e. The van der Waals surface area contributed by atoms with E-state index in [-0.39, 0.29) is 36.1 Å². The average Bonchev–Trinajstić information content (AvgIpc) is 4.14. The molecular formula is C44H48N4O7. The van der Waals surface area contributed by atoms with Crippen LogP contribution in [0.1, 0.15) is 96.9 Å². The molecule has 4 heterocycles. The van der Waals surface area contributed by atoms with Crippen LogP contribution in [0.2, 0.25) is 0 Å². The van der Waals surface area contributed by atoms with Crippen molar-refractivity contribution in [2.24, 2.45) is 10.4 Å². The number of rotatable bonds is 14. The number of benzene rings is 3. The van der Waals surface area contributed by atoms with Crippen molar-refractivity contribution in [3.8, 4) is 28.7 Å². The largest absolute Gasteiger partial charge is 0.497 e. The van der Waals surface area contributed by atoms with Gasteiger partial charge in [-0.1, -0.05) is 12.1 Å². The van der Waals surface area contributed by atoms with Crippen molar-refractivity contribution in [3.05, 3.63) is 71.4 Å². The Kier molecular flexibility index (Phi) is 8.63. The number of carbonyl (C=O) groups excluding carboxylic acids is 2. The van der Waals surface area contributed by atoms with Crippen LogP contribution < -0.4 is 29.0 Å². The molecule has 286 valence electrons. The Labute approximate surface area is 321 Å². The van der Waals surface area contributed by atoms with E-state index in [2.05, 4.69) is 5.32 Å². The highest BCUT2D eigenvalue weighted by molar-refractivity contribution is 6.04. The highest BCUT2D eigenvalue weighted by atomic mass is 16.5. The third-order valence-corrected chi connectivity index (χ3v) is 12.1. The number of hydrogen-bond acceptors (Lipinski definition) is 9. The van der Waals surface area contributed by atoms with Gasteiger partial charge in [-0.25, -0.2) is 0 Å². The molecule has 3 aromatic rings. The molecule has 4 fully saturated rings. The van der Waals surface area contributed by atoms with Crippen LogP contribution in [0.3, 0.4) is 0 Å². The van der Waals surface area contributed by atoms with Crippen molar-refractivity contribution < 1.29 is 33.3 Å². The van der Waals surface area contributed by atoms with E-state index in [9.17, 15) is 9.59 Å². The standard InChI is InChI=1S/C44H48N4O7/c1-51-31-7-5-27(6-8-31)28-17-29-23-45-36-20-38(40(54-32-9-10-32)18-34(36)42(49)47(29)25-28)52-15-3-2-4-16-53-39-21-37-35(19-41(39)55-33-11-12-33)43(50)48-26-44(13-14-44)22-30(48)24-46-37/h5-8,18-21,24-25,29-30,32-33,45H,2-4,9-17,22-23,26H2,1H3/t29-,30-/m0/s1. The molecule has 0 radical (unpaired) electrons. The molecule has 4 aliphatic heterocycles. The van der Waals surface area contributed by atoms with Gasteiger partial charge in [-0.05, 0) is 111 Å². The maximum absolute atomic E-state index is 13.9.